The van der Waals surface area contributed by atoms with Crippen LogP contribution < -0.4 is 15.4 Å². The van der Waals surface area contributed by atoms with Crippen molar-refractivity contribution in [1.29, 1.82) is 0 Å². The smallest absolute Gasteiger partial charge is 0.296 e. The molecule has 1 amide bonds. The van der Waals surface area contributed by atoms with E-state index in [1.54, 1.807) is 30.3 Å². The molecule has 2 aliphatic rings. The number of para-hydroxylation sites is 2. The van der Waals surface area contributed by atoms with Gasteiger partial charge in [-0.1, -0.05) is 18.6 Å². The zero-order chi connectivity index (χ0) is 22.8. The summed E-state index contributed by atoms with van der Waals surface area (Å²) in [6.45, 7) is 0.376. The molecule has 0 unspecified atom stereocenters. The number of aromatic nitrogens is 4. The van der Waals surface area contributed by atoms with Crippen LogP contribution in [0.5, 0.6) is 5.88 Å². The molecule has 0 atom stereocenters. The lowest BCUT2D eigenvalue weighted by Crippen LogP contribution is -2.46. The summed E-state index contributed by atoms with van der Waals surface area (Å²) in [6, 6.07) is 9.26. The van der Waals surface area contributed by atoms with Crippen molar-refractivity contribution in [3.8, 4) is 11.7 Å². The highest BCUT2D eigenvalue weighted by Crippen LogP contribution is 2.29. The zero-order valence-corrected chi connectivity index (χ0v) is 18.3. The standard InChI is InChI=1S/C23H28F2N6O2/c24-22(25)23-28-17-6-1-2-7-18(17)31(23)19-12-21(30-29-19)33-16-10-8-15(9-11-16)27-20(32)13-26-14-4-3-5-14/h1-2,6-7,12,14-16,22,26H,3-5,8-11,13H2,(H,27,32)(H,29,30). The third-order valence-electron chi connectivity index (χ3n) is 6.55. The minimum Gasteiger partial charge on any atom is -0.473 e. The molecule has 2 aromatic heterocycles. The molecule has 1 aromatic carbocycles. The van der Waals surface area contributed by atoms with Gasteiger partial charge in [-0.25, -0.2) is 13.8 Å². The number of alkyl halides is 2. The Morgan fingerprint density at radius 1 is 1.15 bits per heavy atom. The number of ether oxygens (including phenoxy) is 1. The van der Waals surface area contributed by atoms with E-state index in [0.717, 1.165) is 38.5 Å². The number of carbonyl (C=O) groups is 1. The Morgan fingerprint density at radius 3 is 2.67 bits per heavy atom. The quantitative estimate of drug-likeness (QED) is 0.479. The number of imidazole rings is 1. The maximum Gasteiger partial charge on any atom is 0.296 e. The van der Waals surface area contributed by atoms with Crippen molar-refractivity contribution >= 4 is 16.9 Å². The highest BCUT2D eigenvalue weighted by Gasteiger charge is 2.26. The molecule has 2 heterocycles. The van der Waals surface area contributed by atoms with Crippen LogP contribution in [0.1, 0.15) is 57.2 Å². The van der Waals surface area contributed by atoms with Gasteiger partial charge in [0.15, 0.2) is 5.82 Å². The molecule has 2 aliphatic carbocycles. The van der Waals surface area contributed by atoms with Gasteiger partial charge in [0.2, 0.25) is 11.8 Å². The fraction of sp³-hybridized carbons (Fsp3) is 0.522. The molecule has 0 bridgehead atoms. The van der Waals surface area contributed by atoms with Gasteiger partial charge in [0, 0.05) is 18.2 Å². The summed E-state index contributed by atoms with van der Waals surface area (Å²) in [5, 5.41) is 13.4. The van der Waals surface area contributed by atoms with Gasteiger partial charge in [-0.05, 0) is 50.7 Å². The molecular formula is C23H28F2N6O2. The van der Waals surface area contributed by atoms with E-state index in [1.165, 1.54) is 11.0 Å². The van der Waals surface area contributed by atoms with Crippen LogP contribution in [0.4, 0.5) is 8.78 Å². The minimum absolute atomic E-state index is 0.0310. The van der Waals surface area contributed by atoms with Gasteiger partial charge in [0.25, 0.3) is 6.43 Å². The second-order valence-corrected chi connectivity index (χ2v) is 8.85. The van der Waals surface area contributed by atoms with Gasteiger partial charge >= 0.3 is 0 Å². The fourth-order valence-corrected chi connectivity index (χ4v) is 4.54. The summed E-state index contributed by atoms with van der Waals surface area (Å²) in [6.07, 6.45) is 4.05. The summed E-state index contributed by atoms with van der Waals surface area (Å²) < 4.78 is 34.6. The van der Waals surface area contributed by atoms with E-state index in [2.05, 4.69) is 25.8 Å². The molecule has 5 rings (SSSR count). The lowest BCUT2D eigenvalue weighted by Gasteiger charge is -2.30. The number of H-pyrrole nitrogens is 1. The molecular weight excluding hydrogens is 430 g/mol. The second kappa shape index (κ2) is 9.46. The van der Waals surface area contributed by atoms with E-state index >= 15 is 0 Å². The summed E-state index contributed by atoms with van der Waals surface area (Å²) in [5.74, 6) is 0.453. The summed E-state index contributed by atoms with van der Waals surface area (Å²) in [7, 11) is 0. The van der Waals surface area contributed by atoms with Crippen molar-refractivity contribution in [1.82, 2.24) is 30.4 Å². The third-order valence-corrected chi connectivity index (χ3v) is 6.55. The highest BCUT2D eigenvalue weighted by molar-refractivity contribution is 5.78. The normalized spacial score (nSPS) is 21.3. The number of fused-ring (bicyclic) bond motifs is 1. The average Bonchev–Trinajstić information content (AvgIpc) is 3.38. The van der Waals surface area contributed by atoms with Crippen molar-refractivity contribution in [2.24, 2.45) is 0 Å². The van der Waals surface area contributed by atoms with Crippen LogP contribution >= 0.6 is 0 Å². The predicted molar refractivity (Wildman–Crippen MR) is 119 cm³/mol. The van der Waals surface area contributed by atoms with Crippen LogP contribution in [0.15, 0.2) is 30.3 Å². The fourth-order valence-electron chi connectivity index (χ4n) is 4.54. The van der Waals surface area contributed by atoms with Crippen molar-refractivity contribution in [2.45, 2.75) is 69.6 Å². The van der Waals surface area contributed by atoms with E-state index in [0.29, 0.717) is 35.3 Å². The number of rotatable bonds is 8. The van der Waals surface area contributed by atoms with Crippen LogP contribution in [-0.2, 0) is 4.79 Å². The Kier molecular flexibility index (Phi) is 6.26. The SMILES string of the molecule is O=C(CNC1CCC1)NC1CCC(Oc2cc(-n3c(C(F)F)nc4ccccc43)[nH]n2)CC1. The highest BCUT2D eigenvalue weighted by atomic mass is 19.3. The molecule has 176 valence electrons. The van der Waals surface area contributed by atoms with E-state index in [9.17, 15) is 13.6 Å². The maximum atomic E-state index is 13.6. The number of amides is 1. The zero-order valence-electron chi connectivity index (χ0n) is 18.3. The van der Waals surface area contributed by atoms with Crippen molar-refractivity contribution in [3.63, 3.8) is 0 Å². The molecule has 8 nitrogen and oxygen atoms in total. The first-order valence-electron chi connectivity index (χ1n) is 11.6. The van der Waals surface area contributed by atoms with Crippen LogP contribution in [0, 0.1) is 0 Å². The Morgan fingerprint density at radius 2 is 1.94 bits per heavy atom. The summed E-state index contributed by atoms with van der Waals surface area (Å²) >= 11 is 0. The number of aromatic amines is 1. The minimum atomic E-state index is -2.72. The van der Waals surface area contributed by atoms with E-state index in [1.807, 2.05) is 0 Å². The molecule has 33 heavy (non-hydrogen) atoms. The van der Waals surface area contributed by atoms with Crippen LogP contribution in [-0.4, -0.2) is 50.4 Å². The van der Waals surface area contributed by atoms with Crippen LogP contribution in [0.2, 0.25) is 0 Å². The van der Waals surface area contributed by atoms with E-state index in [4.69, 9.17) is 4.74 Å². The molecule has 3 aromatic rings. The molecule has 0 aliphatic heterocycles. The van der Waals surface area contributed by atoms with Gasteiger partial charge in [-0.3, -0.25) is 14.5 Å². The van der Waals surface area contributed by atoms with Gasteiger partial charge < -0.3 is 15.4 Å². The molecule has 10 heteroatoms. The van der Waals surface area contributed by atoms with Gasteiger partial charge in [0.05, 0.1) is 17.6 Å². The van der Waals surface area contributed by atoms with Crippen molar-refractivity contribution < 1.29 is 18.3 Å². The van der Waals surface area contributed by atoms with Gasteiger partial charge in [-0.15, -0.1) is 5.10 Å². The molecule has 0 spiro atoms. The average molecular weight is 459 g/mol. The Bertz CT molecular complexity index is 1100. The number of nitrogens with zero attached hydrogens (tertiary/aromatic N) is 3. The monoisotopic (exact) mass is 458 g/mol. The number of hydrogen-bond donors (Lipinski definition) is 3. The first kappa shape index (κ1) is 21.8. The van der Waals surface area contributed by atoms with Crippen LogP contribution in [0.25, 0.3) is 16.9 Å². The Balaban J connectivity index is 1.17. The molecule has 3 N–H and O–H groups in total. The van der Waals surface area contributed by atoms with Crippen LogP contribution in [0.3, 0.4) is 0 Å². The maximum absolute atomic E-state index is 13.6. The Labute approximate surface area is 190 Å². The van der Waals surface area contributed by atoms with Crippen molar-refractivity contribution in [2.75, 3.05) is 6.54 Å². The number of hydrogen-bond acceptors (Lipinski definition) is 5. The first-order chi connectivity index (χ1) is 16.1. The largest absolute Gasteiger partial charge is 0.473 e. The topological polar surface area (TPSA) is 96.9 Å². The second-order valence-electron chi connectivity index (χ2n) is 8.85. The lowest BCUT2D eigenvalue weighted by atomic mass is 9.92. The summed E-state index contributed by atoms with van der Waals surface area (Å²) in [5.41, 5.74) is 1.07. The number of nitrogens with one attached hydrogen (secondary N) is 3. The molecule has 0 radical (unpaired) electrons. The molecule has 2 fully saturated rings. The first-order valence-corrected chi connectivity index (χ1v) is 11.6. The van der Waals surface area contributed by atoms with Crippen molar-refractivity contribution in [3.05, 3.63) is 36.2 Å². The van der Waals surface area contributed by atoms with E-state index in [-0.39, 0.29) is 23.9 Å². The number of carbonyl (C=O) groups excluding carboxylic acids is 1. The third kappa shape index (κ3) is 4.85. The molecule has 2 saturated carbocycles. The van der Waals surface area contributed by atoms with E-state index < -0.39 is 6.43 Å². The number of benzene rings is 1. The number of halogens is 2. The van der Waals surface area contributed by atoms with Gasteiger partial charge in [-0.2, -0.15) is 0 Å². The lowest BCUT2D eigenvalue weighted by molar-refractivity contribution is -0.121. The molecule has 0 saturated heterocycles. The summed E-state index contributed by atoms with van der Waals surface area (Å²) in [4.78, 5) is 16.2. The Hall–Kier alpha value is -3.01. The van der Waals surface area contributed by atoms with Gasteiger partial charge in [0.1, 0.15) is 11.9 Å². The predicted octanol–water partition coefficient (Wildman–Crippen LogP) is 3.63.